The Labute approximate surface area is 195 Å². The summed E-state index contributed by atoms with van der Waals surface area (Å²) in [7, 11) is 0. The molecule has 0 radical (unpaired) electrons. The summed E-state index contributed by atoms with van der Waals surface area (Å²) < 4.78 is 1.90. The van der Waals surface area contributed by atoms with E-state index >= 15 is 0 Å². The number of aliphatic hydroxyl groups is 1. The van der Waals surface area contributed by atoms with Crippen molar-refractivity contribution in [1.82, 2.24) is 29.7 Å². The van der Waals surface area contributed by atoms with Gasteiger partial charge in [0.05, 0.1) is 34.2 Å². The molecule has 34 heavy (non-hydrogen) atoms. The molecule has 0 aliphatic carbocycles. The first kappa shape index (κ1) is 21.3. The summed E-state index contributed by atoms with van der Waals surface area (Å²) in [6, 6.07) is 15.8. The van der Waals surface area contributed by atoms with Crippen molar-refractivity contribution in [2.75, 3.05) is 11.9 Å². The molecule has 3 N–H and O–H groups in total. The van der Waals surface area contributed by atoms with Crippen LogP contribution in [-0.4, -0.2) is 41.4 Å². The first-order chi connectivity index (χ1) is 16.6. The predicted octanol–water partition coefficient (Wildman–Crippen LogP) is 3.97. The number of hydrogen-bond donors (Lipinski definition) is 3. The fourth-order valence-corrected chi connectivity index (χ4v) is 3.93. The van der Waals surface area contributed by atoms with Gasteiger partial charge in [-0.3, -0.25) is 14.6 Å². The Morgan fingerprint density at radius 1 is 1.09 bits per heavy atom. The Hall–Kier alpha value is -4.55. The highest BCUT2D eigenvalue weighted by Gasteiger charge is 2.19. The van der Waals surface area contributed by atoms with Crippen molar-refractivity contribution in [3.8, 4) is 23.1 Å². The zero-order chi connectivity index (χ0) is 23.7. The smallest absolute Gasteiger partial charge is 0.171 e. The molecule has 0 saturated heterocycles. The molecule has 0 saturated carbocycles. The maximum absolute atomic E-state index is 9.54. The SMILES string of the molecule is Cc1ccc(Nc2ccc3c(c2)ncn3-c2ccc(CCO)c(-c3c(C#N)n[nH]c3C)n2)cn1. The molecule has 0 fully saturated rings. The van der Waals surface area contributed by atoms with Crippen LogP contribution in [0.15, 0.2) is 55.0 Å². The van der Waals surface area contributed by atoms with Crippen molar-refractivity contribution in [2.45, 2.75) is 20.3 Å². The highest BCUT2D eigenvalue weighted by atomic mass is 16.2. The molecule has 0 bridgehead atoms. The highest BCUT2D eigenvalue weighted by Crippen LogP contribution is 2.30. The van der Waals surface area contributed by atoms with Crippen LogP contribution in [0.5, 0.6) is 0 Å². The van der Waals surface area contributed by atoms with E-state index in [1.807, 2.05) is 60.9 Å². The minimum absolute atomic E-state index is 0.0207. The fraction of sp³-hybridized carbons (Fsp3) is 0.160. The lowest BCUT2D eigenvalue weighted by Crippen LogP contribution is -2.03. The maximum atomic E-state index is 9.54. The molecular weight excluding hydrogens is 428 g/mol. The Kier molecular flexibility index (Phi) is 5.49. The first-order valence-corrected chi connectivity index (χ1v) is 10.8. The third-order valence-electron chi connectivity index (χ3n) is 5.63. The van der Waals surface area contributed by atoms with Gasteiger partial charge in [0.2, 0.25) is 0 Å². The van der Waals surface area contributed by atoms with Crippen LogP contribution in [0.2, 0.25) is 0 Å². The third-order valence-corrected chi connectivity index (χ3v) is 5.63. The molecule has 0 atom stereocenters. The molecule has 0 spiro atoms. The molecule has 4 aromatic heterocycles. The number of rotatable bonds is 6. The second kappa shape index (κ2) is 8.77. The number of aromatic amines is 1. The lowest BCUT2D eigenvalue weighted by Gasteiger charge is -2.12. The van der Waals surface area contributed by atoms with Gasteiger partial charge in [0.1, 0.15) is 18.2 Å². The summed E-state index contributed by atoms with van der Waals surface area (Å²) in [5.74, 6) is 0.659. The highest BCUT2D eigenvalue weighted by molar-refractivity contribution is 5.82. The van der Waals surface area contributed by atoms with Crippen LogP contribution in [0.4, 0.5) is 11.4 Å². The van der Waals surface area contributed by atoms with Crippen molar-refractivity contribution >= 4 is 22.4 Å². The van der Waals surface area contributed by atoms with E-state index < -0.39 is 0 Å². The molecule has 9 nitrogen and oxygen atoms in total. The molecular formula is C25H22N8O. The van der Waals surface area contributed by atoms with Crippen LogP contribution in [0.3, 0.4) is 0 Å². The van der Waals surface area contributed by atoms with Gasteiger partial charge in [-0.05, 0) is 62.2 Å². The molecule has 0 aliphatic heterocycles. The van der Waals surface area contributed by atoms with E-state index in [2.05, 4.69) is 31.6 Å². The van der Waals surface area contributed by atoms with Crippen molar-refractivity contribution < 1.29 is 5.11 Å². The van der Waals surface area contributed by atoms with Gasteiger partial charge in [0.25, 0.3) is 0 Å². The van der Waals surface area contributed by atoms with Gasteiger partial charge in [-0.25, -0.2) is 9.97 Å². The molecule has 1 aromatic carbocycles. The average molecular weight is 451 g/mol. The Morgan fingerprint density at radius 2 is 1.94 bits per heavy atom. The number of H-pyrrole nitrogens is 1. The zero-order valence-corrected chi connectivity index (χ0v) is 18.7. The van der Waals surface area contributed by atoms with Crippen LogP contribution in [-0.2, 0) is 6.42 Å². The van der Waals surface area contributed by atoms with E-state index in [0.717, 1.165) is 39.4 Å². The van der Waals surface area contributed by atoms with E-state index in [-0.39, 0.29) is 12.3 Å². The Balaban J connectivity index is 1.55. The number of anilines is 2. The monoisotopic (exact) mass is 450 g/mol. The lowest BCUT2D eigenvalue weighted by molar-refractivity contribution is 0.299. The number of imidazole rings is 1. The molecule has 4 heterocycles. The van der Waals surface area contributed by atoms with Gasteiger partial charge in [-0.1, -0.05) is 6.07 Å². The predicted molar refractivity (Wildman–Crippen MR) is 129 cm³/mol. The Bertz CT molecular complexity index is 1530. The normalized spacial score (nSPS) is 11.0. The van der Waals surface area contributed by atoms with Gasteiger partial charge in [-0.2, -0.15) is 10.4 Å². The number of aryl methyl sites for hydroxylation is 2. The number of nitrogens with one attached hydrogen (secondary N) is 2. The standard InChI is InChI=1S/C25H22N8O/c1-15-3-5-19(13-27-15)29-18-6-7-22-20(11-18)28-14-33(22)23-8-4-17(9-10-34)25(30-23)24-16(2)31-32-21(24)12-26/h3-8,11,13-14,29,34H,9-10H2,1-2H3,(H,31,32). The summed E-state index contributed by atoms with van der Waals surface area (Å²) in [5.41, 5.74) is 7.61. The number of nitrogens with zero attached hydrogens (tertiary/aromatic N) is 6. The van der Waals surface area contributed by atoms with Crippen molar-refractivity contribution in [3.05, 3.63) is 77.6 Å². The third kappa shape index (κ3) is 3.87. The Morgan fingerprint density at radius 3 is 2.71 bits per heavy atom. The molecule has 0 amide bonds. The van der Waals surface area contributed by atoms with Gasteiger partial charge in [0.15, 0.2) is 5.69 Å². The van der Waals surface area contributed by atoms with Crippen LogP contribution >= 0.6 is 0 Å². The first-order valence-electron chi connectivity index (χ1n) is 10.8. The van der Waals surface area contributed by atoms with Crippen molar-refractivity contribution in [1.29, 1.82) is 5.26 Å². The minimum atomic E-state index is -0.0207. The van der Waals surface area contributed by atoms with Crippen molar-refractivity contribution in [3.63, 3.8) is 0 Å². The minimum Gasteiger partial charge on any atom is -0.396 e. The summed E-state index contributed by atoms with van der Waals surface area (Å²) in [6.07, 6.45) is 3.95. The molecule has 5 rings (SSSR count). The quantitative estimate of drug-likeness (QED) is 0.357. The topological polar surface area (TPSA) is 128 Å². The second-order valence-corrected chi connectivity index (χ2v) is 7.97. The van der Waals surface area contributed by atoms with Crippen LogP contribution in [0.1, 0.15) is 22.6 Å². The van der Waals surface area contributed by atoms with E-state index in [9.17, 15) is 10.4 Å². The number of aromatic nitrogens is 6. The van der Waals surface area contributed by atoms with Crippen LogP contribution in [0.25, 0.3) is 28.1 Å². The zero-order valence-electron chi connectivity index (χ0n) is 18.7. The average Bonchev–Trinajstić information content (AvgIpc) is 3.44. The molecule has 5 aromatic rings. The number of benzene rings is 1. The van der Waals surface area contributed by atoms with Gasteiger partial charge in [-0.15, -0.1) is 0 Å². The second-order valence-electron chi connectivity index (χ2n) is 7.97. The number of hydrogen-bond acceptors (Lipinski definition) is 7. The molecule has 0 unspecified atom stereocenters. The van der Waals surface area contributed by atoms with E-state index in [0.29, 0.717) is 23.5 Å². The lowest BCUT2D eigenvalue weighted by atomic mass is 10.0. The summed E-state index contributed by atoms with van der Waals surface area (Å²) in [4.78, 5) is 13.8. The molecule has 168 valence electrons. The fourth-order valence-electron chi connectivity index (χ4n) is 3.93. The maximum Gasteiger partial charge on any atom is 0.171 e. The number of fused-ring (bicyclic) bond motifs is 1. The van der Waals surface area contributed by atoms with Gasteiger partial charge in [0, 0.05) is 23.7 Å². The summed E-state index contributed by atoms with van der Waals surface area (Å²) in [6.45, 7) is 3.78. The summed E-state index contributed by atoms with van der Waals surface area (Å²) >= 11 is 0. The number of nitriles is 1. The van der Waals surface area contributed by atoms with Crippen LogP contribution in [0, 0.1) is 25.2 Å². The largest absolute Gasteiger partial charge is 0.396 e. The number of pyridine rings is 2. The van der Waals surface area contributed by atoms with E-state index in [4.69, 9.17) is 4.98 Å². The van der Waals surface area contributed by atoms with Gasteiger partial charge < -0.3 is 10.4 Å². The summed E-state index contributed by atoms with van der Waals surface area (Å²) in [5, 5.41) is 29.4. The molecule has 0 aliphatic rings. The van der Waals surface area contributed by atoms with E-state index in [1.165, 1.54) is 0 Å². The van der Waals surface area contributed by atoms with Crippen molar-refractivity contribution in [2.24, 2.45) is 0 Å². The van der Waals surface area contributed by atoms with Gasteiger partial charge >= 0.3 is 0 Å². The van der Waals surface area contributed by atoms with E-state index in [1.54, 1.807) is 12.5 Å². The van der Waals surface area contributed by atoms with Crippen LogP contribution < -0.4 is 5.32 Å². The molecule has 9 heteroatoms. The number of aliphatic hydroxyl groups excluding tert-OH is 1.